The zero-order chi connectivity index (χ0) is 86.8. The molecule has 8 aromatic heterocycles. The maximum Gasteiger partial charge on any atom is 0.225 e. The molecule has 0 spiro atoms. The lowest BCUT2D eigenvalue weighted by molar-refractivity contribution is 0.567. The number of nitrogens with zero attached hydrogens (tertiary/aromatic N) is 21. The molecule has 5 atom stereocenters. The molecule has 18 rings (SSSR count). The molecule has 0 saturated carbocycles. The molecule has 0 aliphatic carbocycles. The molecule has 0 bridgehead atoms. The Hall–Kier alpha value is -12.2. The van der Waals surface area contributed by atoms with Gasteiger partial charge in [0, 0.05) is 201 Å². The van der Waals surface area contributed by atoms with Crippen molar-refractivity contribution in [3.63, 3.8) is 0 Å². The Balaban J connectivity index is 0.000000130. The number of aryl methyl sites for hydroxylation is 1. The van der Waals surface area contributed by atoms with Crippen LogP contribution in [0, 0.1) is 29.1 Å². The van der Waals surface area contributed by atoms with Crippen molar-refractivity contribution in [2.45, 2.75) is 173 Å². The van der Waals surface area contributed by atoms with Gasteiger partial charge in [0.15, 0.2) is 5.82 Å². The molecule has 26 heteroatoms. The van der Waals surface area contributed by atoms with Crippen LogP contribution in [0.15, 0.2) is 214 Å². The van der Waals surface area contributed by atoms with Crippen molar-refractivity contribution >= 4 is 41.1 Å². The highest BCUT2D eigenvalue weighted by Gasteiger charge is 2.27. The van der Waals surface area contributed by atoms with Crippen molar-refractivity contribution in [2.75, 3.05) is 108 Å². The SMILES string of the molecule is CCC(c1ccc(F)cc1)c1cnc(N2CCCCC2)nc1.CC[C@@H](c1ccc(F)cc1)c1cnc(N2CCCCC2)nc1.CC[C@H](c1ccc(F)cc1)c1cnc(N2CCCCC2)nc1.CC[C@H](c1ccc(F)cc1)c1cnc(N2CCCCC2)nc1.CC[C@H](c1ccc(F)cc1)c1cnc(N2CCN(c3ncnn4cc(-c5cnn(C)c5)cc34)CC2)nc1. The molecule has 5 aromatic carbocycles. The van der Waals surface area contributed by atoms with Crippen molar-refractivity contribution in [1.82, 2.24) is 74.2 Å². The minimum Gasteiger partial charge on any atom is -0.351 e. The molecule has 0 N–H and O–H groups in total. The summed E-state index contributed by atoms with van der Waals surface area (Å²) in [6.07, 6.45) is 46.3. The molecule has 0 radical (unpaired) electrons. The number of piperazine rings is 1. The van der Waals surface area contributed by atoms with E-state index in [-0.39, 0.29) is 58.7 Å². The summed E-state index contributed by atoms with van der Waals surface area (Å²) in [4.78, 5) is 63.9. The van der Waals surface area contributed by atoms with E-state index in [1.54, 1.807) is 11.0 Å². The summed E-state index contributed by atoms with van der Waals surface area (Å²) < 4.78 is 69.4. The first-order valence-electron chi connectivity index (χ1n) is 44.9. The Morgan fingerprint density at radius 3 is 0.728 bits per heavy atom. The lowest BCUT2D eigenvalue weighted by atomic mass is 9.91. The van der Waals surface area contributed by atoms with Gasteiger partial charge in [-0.1, -0.05) is 95.3 Å². The zero-order valence-corrected chi connectivity index (χ0v) is 72.9. The van der Waals surface area contributed by atoms with Gasteiger partial charge in [-0.05, 0) is 232 Å². The first-order chi connectivity index (χ1) is 61.2. The van der Waals surface area contributed by atoms with E-state index in [0.29, 0.717) is 0 Å². The fourth-order valence-corrected chi connectivity index (χ4v) is 17.5. The number of hydrogen-bond acceptors (Lipinski definition) is 19. The lowest BCUT2D eigenvalue weighted by Gasteiger charge is -2.35. The van der Waals surface area contributed by atoms with Crippen LogP contribution in [0.1, 0.15) is 229 Å². The van der Waals surface area contributed by atoms with Crippen molar-refractivity contribution in [3.8, 4) is 11.1 Å². The minimum atomic E-state index is -0.224. The zero-order valence-electron chi connectivity index (χ0n) is 72.9. The van der Waals surface area contributed by atoms with Gasteiger partial charge in [0.1, 0.15) is 40.9 Å². The molecule has 5 aliphatic heterocycles. The van der Waals surface area contributed by atoms with Crippen molar-refractivity contribution in [3.05, 3.63) is 299 Å². The quantitative estimate of drug-likeness (QED) is 0.0580. The molecule has 125 heavy (non-hydrogen) atoms. The van der Waals surface area contributed by atoms with E-state index < -0.39 is 0 Å². The predicted octanol–water partition coefficient (Wildman–Crippen LogP) is 20.5. The van der Waals surface area contributed by atoms with E-state index >= 15 is 0 Å². The molecule has 5 fully saturated rings. The van der Waals surface area contributed by atoms with E-state index in [0.717, 1.165) is 218 Å². The summed E-state index contributed by atoms with van der Waals surface area (Å²) >= 11 is 0. The topological polar surface area (TPSA) is 196 Å². The van der Waals surface area contributed by atoms with Crippen molar-refractivity contribution in [1.29, 1.82) is 0 Å². The van der Waals surface area contributed by atoms with E-state index in [4.69, 9.17) is 0 Å². The van der Waals surface area contributed by atoms with Crippen LogP contribution in [0.3, 0.4) is 0 Å². The number of piperidine rings is 4. The molecule has 13 heterocycles. The van der Waals surface area contributed by atoms with Crippen LogP contribution in [-0.4, -0.2) is 153 Å². The maximum atomic E-state index is 13.4. The second kappa shape index (κ2) is 44.4. The first-order valence-corrected chi connectivity index (χ1v) is 44.9. The highest BCUT2D eigenvalue weighted by molar-refractivity contribution is 5.77. The average molecular weight is 1700 g/mol. The smallest absolute Gasteiger partial charge is 0.225 e. The third-order valence-corrected chi connectivity index (χ3v) is 24.5. The highest BCUT2D eigenvalue weighted by atomic mass is 19.1. The Kier molecular flexibility index (Phi) is 31.6. The summed E-state index contributed by atoms with van der Waals surface area (Å²) in [6.45, 7) is 22.2. The summed E-state index contributed by atoms with van der Waals surface area (Å²) in [5.74, 6) is 4.97. The van der Waals surface area contributed by atoms with E-state index in [1.165, 1.54) is 138 Å². The molecular formula is C99H116F5N21. The van der Waals surface area contributed by atoms with Crippen LogP contribution in [0.2, 0.25) is 0 Å². The fraction of sp³-hybridized carbons (Fsp3) is 0.404. The first kappa shape index (κ1) is 89.1. The third-order valence-electron chi connectivity index (χ3n) is 24.5. The van der Waals surface area contributed by atoms with Crippen molar-refractivity contribution < 1.29 is 22.0 Å². The number of halogens is 5. The molecule has 5 saturated heterocycles. The number of rotatable bonds is 22. The Morgan fingerprint density at radius 1 is 0.256 bits per heavy atom. The highest BCUT2D eigenvalue weighted by Crippen LogP contribution is 2.36. The molecule has 13 aromatic rings. The van der Waals surface area contributed by atoms with Crippen LogP contribution in [0.4, 0.5) is 57.5 Å². The van der Waals surface area contributed by atoms with Crippen LogP contribution < -0.4 is 29.4 Å². The Bertz CT molecular complexity index is 4930. The van der Waals surface area contributed by atoms with E-state index in [9.17, 15) is 22.0 Å². The Labute approximate surface area is 731 Å². The fourth-order valence-electron chi connectivity index (χ4n) is 17.5. The summed E-state index contributed by atoms with van der Waals surface area (Å²) in [5, 5.41) is 8.69. The molecular weight excluding hydrogens is 1580 g/mol. The molecule has 1 unspecified atom stereocenters. The number of benzene rings is 5. The normalized spacial score (nSPS) is 16.1. The number of anilines is 6. The van der Waals surface area contributed by atoms with Gasteiger partial charge in [-0.3, -0.25) is 4.68 Å². The van der Waals surface area contributed by atoms with Crippen LogP contribution in [0.5, 0.6) is 0 Å². The molecule has 652 valence electrons. The second-order valence-electron chi connectivity index (χ2n) is 32.9. The van der Waals surface area contributed by atoms with Gasteiger partial charge in [-0.25, -0.2) is 81.3 Å². The summed E-state index contributed by atoms with van der Waals surface area (Å²) in [7, 11) is 1.91. The molecule has 21 nitrogen and oxygen atoms in total. The van der Waals surface area contributed by atoms with E-state index in [1.807, 2.05) is 153 Å². The molecule has 5 aliphatic rings. The predicted molar refractivity (Wildman–Crippen MR) is 487 cm³/mol. The van der Waals surface area contributed by atoms with Crippen LogP contribution >= 0.6 is 0 Å². The van der Waals surface area contributed by atoms with Crippen LogP contribution in [-0.2, 0) is 7.05 Å². The Morgan fingerprint density at radius 2 is 0.496 bits per heavy atom. The van der Waals surface area contributed by atoms with Gasteiger partial charge < -0.3 is 29.4 Å². The monoisotopic (exact) mass is 1690 g/mol. The summed E-state index contributed by atoms with van der Waals surface area (Å²) in [6, 6.07) is 35.7. The minimum absolute atomic E-state index is 0.144. The number of fused-ring (bicyclic) bond motifs is 1. The van der Waals surface area contributed by atoms with Gasteiger partial charge in [0.25, 0.3) is 0 Å². The molecule has 0 amide bonds. The number of aromatic nitrogens is 15. The maximum absolute atomic E-state index is 13.4. The van der Waals surface area contributed by atoms with Crippen LogP contribution in [0.25, 0.3) is 16.6 Å². The summed E-state index contributed by atoms with van der Waals surface area (Å²) in [5.41, 5.74) is 14.0. The van der Waals surface area contributed by atoms with Gasteiger partial charge in [0.2, 0.25) is 29.7 Å². The number of hydrogen-bond donors (Lipinski definition) is 0. The lowest BCUT2D eigenvalue weighted by Crippen LogP contribution is -2.47. The van der Waals surface area contributed by atoms with Gasteiger partial charge in [-0.15, -0.1) is 0 Å². The van der Waals surface area contributed by atoms with E-state index in [2.05, 4.69) is 135 Å². The third kappa shape index (κ3) is 23.6. The van der Waals surface area contributed by atoms with Gasteiger partial charge in [-0.2, -0.15) is 10.2 Å². The van der Waals surface area contributed by atoms with Gasteiger partial charge >= 0.3 is 0 Å². The average Bonchev–Trinajstić information content (AvgIpc) is 1.60. The van der Waals surface area contributed by atoms with Gasteiger partial charge in [0.05, 0.1) is 6.20 Å². The standard InChI is InChI=1S/C27H28FN9.4C18H22FN3/c1-3-24(19-4-6-23(28)7-5-19)21-13-29-27(30-14-21)36-10-8-35(9-11-36)26-25-12-20(17-37(25)33-18-31-26)22-15-32-34(2)16-22;4*1-2-17(14-6-8-16(19)9-7-14)15-12-20-18(21-13-15)22-10-4-3-5-11-22/h4-7,12-18,24H,3,8-11H2,1-2H3;4*6-9,12-13,17H,2-5,10-11H2,1H3/t24-;3*17-;/m1110./s1. The second-order valence-corrected chi connectivity index (χ2v) is 32.9. The largest absolute Gasteiger partial charge is 0.351 e. The van der Waals surface area contributed by atoms with Crippen molar-refractivity contribution in [2.24, 2.45) is 7.05 Å².